The molecule has 0 aromatic heterocycles. The summed E-state index contributed by atoms with van der Waals surface area (Å²) >= 11 is 0. The second-order valence-electron chi connectivity index (χ2n) is 3.79. The van der Waals surface area contributed by atoms with E-state index in [1.165, 1.54) is 12.1 Å². The molecule has 0 unspecified atom stereocenters. The predicted octanol–water partition coefficient (Wildman–Crippen LogP) is 1.35. The molecule has 4 nitrogen and oxygen atoms in total. The Morgan fingerprint density at radius 2 is 1.94 bits per heavy atom. The van der Waals surface area contributed by atoms with Gasteiger partial charge < -0.3 is 0 Å². The van der Waals surface area contributed by atoms with E-state index in [0.717, 1.165) is 11.0 Å². The zero-order chi connectivity index (χ0) is 12.4. The van der Waals surface area contributed by atoms with Gasteiger partial charge in [0.1, 0.15) is 5.82 Å². The molecule has 1 aliphatic heterocycles. The van der Waals surface area contributed by atoms with Gasteiger partial charge in [-0.25, -0.2) is 4.39 Å². The van der Waals surface area contributed by atoms with Crippen molar-refractivity contribution in [1.29, 1.82) is 5.26 Å². The molecule has 1 aromatic carbocycles. The number of likely N-dealkylation sites (tertiary alicyclic amines) is 1. The van der Waals surface area contributed by atoms with Crippen LogP contribution < -0.4 is 0 Å². The van der Waals surface area contributed by atoms with Crippen LogP contribution in [0.2, 0.25) is 0 Å². The van der Waals surface area contributed by atoms with Crippen LogP contribution in [-0.4, -0.2) is 16.7 Å². The zero-order valence-electron chi connectivity index (χ0n) is 8.94. The molecule has 86 valence electrons. The molecule has 1 aromatic rings. The molecule has 2 rings (SSSR count). The summed E-state index contributed by atoms with van der Waals surface area (Å²) in [6.45, 7) is -0.0603. The highest BCUT2D eigenvalue weighted by atomic mass is 19.1. The van der Waals surface area contributed by atoms with E-state index in [4.69, 9.17) is 5.26 Å². The Morgan fingerprint density at radius 3 is 2.47 bits per heavy atom. The summed E-state index contributed by atoms with van der Waals surface area (Å²) in [6.07, 6.45) is 0.382. The van der Waals surface area contributed by atoms with Gasteiger partial charge in [-0.3, -0.25) is 14.5 Å². The second kappa shape index (κ2) is 4.34. The van der Waals surface area contributed by atoms with Gasteiger partial charge in [-0.2, -0.15) is 5.26 Å². The first kappa shape index (κ1) is 11.3. The van der Waals surface area contributed by atoms with Gasteiger partial charge in [-0.15, -0.1) is 0 Å². The average Bonchev–Trinajstić information content (AvgIpc) is 2.63. The van der Waals surface area contributed by atoms with Crippen molar-refractivity contribution < 1.29 is 14.0 Å². The van der Waals surface area contributed by atoms with Crippen molar-refractivity contribution >= 4 is 11.8 Å². The molecule has 0 bridgehead atoms. The molecule has 0 spiro atoms. The Morgan fingerprint density at radius 1 is 1.29 bits per heavy atom. The minimum atomic E-state index is -0.573. The number of hydrogen-bond acceptors (Lipinski definition) is 3. The van der Waals surface area contributed by atoms with E-state index < -0.39 is 5.82 Å². The lowest BCUT2D eigenvalue weighted by molar-refractivity contribution is -0.139. The molecule has 17 heavy (non-hydrogen) atoms. The molecule has 0 N–H and O–H groups in total. The second-order valence-corrected chi connectivity index (χ2v) is 3.79. The lowest BCUT2D eigenvalue weighted by atomic mass is 10.1. The van der Waals surface area contributed by atoms with Crippen LogP contribution in [0, 0.1) is 17.1 Å². The molecule has 1 fully saturated rings. The molecule has 0 atom stereocenters. The average molecular weight is 232 g/mol. The first-order valence-corrected chi connectivity index (χ1v) is 5.13. The van der Waals surface area contributed by atoms with Gasteiger partial charge in [-0.1, -0.05) is 6.07 Å². The number of rotatable bonds is 2. The third-order valence-electron chi connectivity index (χ3n) is 2.67. The van der Waals surface area contributed by atoms with Gasteiger partial charge >= 0.3 is 0 Å². The summed E-state index contributed by atoms with van der Waals surface area (Å²) < 4.78 is 13.5. The van der Waals surface area contributed by atoms with Gasteiger partial charge in [0.2, 0.25) is 11.8 Å². The number of halogens is 1. The molecule has 1 heterocycles. The van der Waals surface area contributed by atoms with E-state index in [0.29, 0.717) is 0 Å². The predicted molar refractivity (Wildman–Crippen MR) is 55.9 cm³/mol. The maximum Gasteiger partial charge on any atom is 0.229 e. The molecule has 1 saturated heterocycles. The highest BCUT2D eigenvalue weighted by Gasteiger charge is 2.29. The molecule has 5 heteroatoms. The van der Waals surface area contributed by atoms with E-state index in [1.807, 2.05) is 6.07 Å². The largest absolute Gasteiger partial charge is 0.278 e. The first-order chi connectivity index (χ1) is 8.11. The van der Waals surface area contributed by atoms with Crippen LogP contribution in [0.25, 0.3) is 0 Å². The number of nitrogens with zero attached hydrogens (tertiary/aromatic N) is 2. The van der Waals surface area contributed by atoms with Crippen molar-refractivity contribution in [2.75, 3.05) is 0 Å². The summed E-state index contributed by atoms with van der Waals surface area (Å²) in [5.41, 5.74) is 0.456. The number of nitriles is 1. The van der Waals surface area contributed by atoms with E-state index in [9.17, 15) is 14.0 Å². The number of carbonyl (C=O) groups excluding carboxylic acids is 2. The Labute approximate surface area is 97.3 Å². The van der Waals surface area contributed by atoms with Crippen LogP contribution >= 0.6 is 0 Å². The molecular formula is C12H9FN2O2. The number of amides is 2. The van der Waals surface area contributed by atoms with Gasteiger partial charge in [0.25, 0.3) is 0 Å². The number of imide groups is 1. The van der Waals surface area contributed by atoms with E-state index >= 15 is 0 Å². The quantitative estimate of drug-likeness (QED) is 0.723. The lowest BCUT2D eigenvalue weighted by Crippen LogP contribution is -2.28. The smallest absolute Gasteiger partial charge is 0.229 e. The third kappa shape index (κ3) is 2.16. The van der Waals surface area contributed by atoms with Crippen LogP contribution in [0.4, 0.5) is 4.39 Å². The summed E-state index contributed by atoms with van der Waals surface area (Å²) in [4.78, 5) is 23.8. The van der Waals surface area contributed by atoms with Gasteiger partial charge in [0.15, 0.2) is 0 Å². The SMILES string of the molecule is N#Cc1ccc(CN2C(=O)CCC2=O)c(F)c1. The van der Waals surface area contributed by atoms with Crippen molar-refractivity contribution in [3.8, 4) is 6.07 Å². The summed E-state index contributed by atoms with van der Waals surface area (Å²) in [6, 6.07) is 5.80. The molecule has 0 saturated carbocycles. The van der Waals surface area contributed by atoms with E-state index in [1.54, 1.807) is 0 Å². The fourth-order valence-electron chi connectivity index (χ4n) is 1.71. The third-order valence-corrected chi connectivity index (χ3v) is 2.67. The minimum absolute atomic E-state index is 0.0603. The fourth-order valence-corrected chi connectivity index (χ4v) is 1.71. The highest BCUT2D eigenvalue weighted by molar-refractivity contribution is 6.01. The van der Waals surface area contributed by atoms with Crippen molar-refractivity contribution in [2.24, 2.45) is 0 Å². The Bertz CT molecular complexity index is 518. The zero-order valence-corrected chi connectivity index (χ0v) is 8.94. The van der Waals surface area contributed by atoms with Crippen LogP contribution in [0.1, 0.15) is 24.0 Å². The van der Waals surface area contributed by atoms with Gasteiger partial charge in [-0.05, 0) is 12.1 Å². The van der Waals surface area contributed by atoms with Crippen LogP contribution in [0.5, 0.6) is 0 Å². The highest BCUT2D eigenvalue weighted by Crippen LogP contribution is 2.18. The lowest BCUT2D eigenvalue weighted by Gasteiger charge is -2.14. The number of benzene rings is 1. The maximum atomic E-state index is 13.5. The topological polar surface area (TPSA) is 61.2 Å². The standard InChI is InChI=1S/C12H9FN2O2/c13-10-5-8(6-14)1-2-9(10)7-15-11(16)3-4-12(15)17/h1-2,5H,3-4,7H2. The van der Waals surface area contributed by atoms with Gasteiger partial charge in [0.05, 0.1) is 18.2 Å². The first-order valence-electron chi connectivity index (χ1n) is 5.13. The van der Waals surface area contributed by atoms with Crippen molar-refractivity contribution in [3.05, 3.63) is 35.1 Å². The van der Waals surface area contributed by atoms with E-state index in [2.05, 4.69) is 0 Å². The summed E-state index contributed by atoms with van der Waals surface area (Å²) in [5.74, 6) is -1.13. The van der Waals surface area contributed by atoms with Crippen LogP contribution in [-0.2, 0) is 16.1 Å². The molecule has 0 radical (unpaired) electrons. The molecule has 0 aliphatic carbocycles. The minimum Gasteiger partial charge on any atom is -0.278 e. The number of carbonyl (C=O) groups is 2. The summed E-state index contributed by atoms with van der Waals surface area (Å²) in [5, 5.41) is 8.59. The van der Waals surface area contributed by atoms with Crippen molar-refractivity contribution in [3.63, 3.8) is 0 Å². The Kier molecular flexibility index (Phi) is 2.88. The van der Waals surface area contributed by atoms with E-state index in [-0.39, 0.29) is 42.3 Å². The number of hydrogen-bond donors (Lipinski definition) is 0. The monoisotopic (exact) mass is 232 g/mol. The normalized spacial score (nSPS) is 15.2. The van der Waals surface area contributed by atoms with Gasteiger partial charge in [0, 0.05) is 18.4 Å². The Hall–Kier alpha value is -2.22. The van der Waals surface area contributed by atoms with Crippen LogP contribution in [0.15, 0.2) is 18.2 Å². The van der Waals surface area contributed by atoms with Crippen molar-refractivity contribution in [2.45, 2.75) is 19.4 Å². The van der Waals surface area contributed by atoms with Crippen LogP contribution in [0.3, 0.4) is 0 Å². The fraction of sp³-hybridized carbons (Fsp3) is 0.250. The molecule has 2 amide bonds. The summed E-state index contributed by atoms with van der Waals surface area (Å²) in [7, 11) is 0. The Balaban J connectivity index is 2.22. The van der Waals surface area contributed by atoms with Crippen molar-refractivity contribution in [1.82, 2.24) is 4.90 Å². The molecule has 1 aliphatic rings. The molecular weight excluding hydrogens is 223 g/mol. The maximum absolute atomic E-state index is 13.5.